The molecule has 0 aliphatic rings. The number of nitriles is 1. The average molecular weight is 412 g/mol. The Morgan fingerprint density at radius 2 is 1.76 bits per heavy atom. The summed E-state index contributed by atoms with van der Waals surface area (Å²) in [6, 6.07) is 17.8. The summed E-state index contributed by atoms with van der Waals surface area (Å²) in [4.78, 5) is 12.0. The van der Waals surface area contributed by atoms with E-state index in [0.717, 1.165) is 61.2 Å². The molecule has 0 bridgehead atoms. The zero-order valence-electron chi connectivity index (χ0n) is 16.3. The Morgan fingerprint density at radius 1 is 0.966 bits per heavy atom. The highest BCUT2D eigenvalue weighted by atomic mass is 35.5. The average Bonchev–Trinajstić information content (AvgIpc) is 2.73. The zero-order valence-corrected chi connectivity index (χ0v) is 17.1. The van der Waals surface area contributed by atoms with Crippen LogP contribution in [0.5, 0.6) is 0 Å². The second-order valence-corrected chi connectivity index (χ2v) is 6.67. The molecule has 0 saturated heterocycles. The molecule has 0 radical (unpaired) electrons. The summed E-state index contributed by atoms with van der Waals surface area (Å²) in [5, 5.41) is 23.6. The van der Waals surface area contributed by atoms with Crippen molar-refractivity contribution in [1.82, 2.24) is 15.5 Å². The third-order valence-electron chi connectivity index (χ3n) is 4.61. The Kier molecular flexibility index (Phi) is 9.16. The number of aromatic nitrogens is 2. The predicted octanol–water partition coefficient (Wildman–Crippen LogP) is 4.10. The molecule has 7 heteroatoms. The van der Waals surface area contributed by atoms with Gasteiger partial charge in [-0.1, -0.05) is 36.8 Å². The molecule has 6 nitrogen and oxygen atoms in total. The van der Waals surface area contributed by atoms with Gasteiger partial charge in [-0.3, -0.25) is 4.79 Å². The fraction of sp³-hybridized carbons (Fsp3) is 0.318. The number of H-pyrrole nitrogens is 1. The van der Waals surface area contributed by atoms with E-state index in [1.54, 1.807) is 0 Å². The maximum Gasteiger partial charge on any atom is 0.272 e. The van der Waals surface area contributed by atoms with Gasteiger partial charge in [0.05, 0.1) is 17.1 Å². The van der Waals surface area contributed by atoms with Crippen molar-refractivity contribution in [3.05, 3.63) is 58.9 Å². The summed E-state index contributed by atoms with van der Waals surface area (Å²) in [5.74, 6) is 0. The summed E-state index contributed by atoms with van der Waals surface area (Å²) in [6.45, 7) is 2.64. The molecule has 0 aliphatic heterocycles. The fourth-order valence-corrected chi connectivity index (χ4v) is 3.17. The van der Waals surface area contributed by atoms with Crippen LogP contribution in [-0.2, 0) is 0 Å². The van der Waals surface area contributed by atoms with Gasteiger partial charge >= 0.3 is 0 Å². The van der Waals surface area contributed by atoms with Crippen LogP contribution in [0, 0.1) is 11.3 Å². The molecule has 0 fully saturated rings. The Labute approximate surface area is 176 Å². The van der Waals surface area contributed by atoms with Crippen LogP contribution in [-0.4, -0.2) is 29.8 Å². The van der Waals surface area contributed by atoms with Gasteiger partial charge in [0.1, 0.15) is 0 Å². The Bertz CT molecular complexity index is 1010. The third kappa shape index (κ3) is 6.31. The molecule has 29 heavy (non-hydrogen) atoms. The number of nitrogens with zero attached hydrogens (tertiary/aromatic N) is 2. The quantitative estimate of drug-likeness (QED) is 0.437. The number of nitrogens with one attached hydrogen (secondary N) is 3. The Hall–Kier alpha value is -2.88. The van der Waals surface area contributed by atoms with Gasteiger partial charge in [0, 0.05) is 36.1 Å². The molecule has 0 amide bonds. The standard InChI is InChI=1S/C22H25N5O.ClH/c23-12-7-14-24-13-4-1-5-15-25-18-9-6-8-17(16-18)21-19-10-2-3-11-20(19)22(28)27-26-21;/h2-3,6,8-11,16,24-25H,1,4-5,7,13-15H2,(H,27,28);1H. The number of benzene rings is 2. The fourth-order valence-electron chi connectivity index (χ4n) is 3.17. The highest BCUT2D eigenvalue weighted by Crippen LogP contribution is 2.26. The molecule has 0 saturated carbocycles. The van der Waals surface area contributed by atoms with Crippen LogP contribution in [0.1, 0.15) is 25.7 Å². The maximum atomic E-state index is 12.0. The summed E-state index contributed by atoms with van der Waals surface area (Å²) in [5.41, 5.74) is 2.62. The van der Waals surface area contributed by atoms with Gasteiger partial charge in [0.25, 0.3) is 5.56 Å². The highest BCUT2D eigenvalue weighted by molar-refractivity contribution is 5.94. The van der Waals surface area contributed by atoms with E-state index in [0.29, 0.717) is 11.8 Å². The first-order valence-electron chi connectivity index (χ1n) is 9.69. The lowest BCUT2D eigenvalue weighted by molar-refractivity contribution is 0.615. The van der Waals surface area contributed by atoms with Crippen molar-refractivity contribution in [3.63, 3.8) is 0 Å². The Balaban J connectivity index is 0.00000300. The molecule has 152 valence electrons. The lowest BCUT2D eigenvalue weighted by Crippen LogP contribution is -2.16. The monoisotopic (exact) mass is 411 g/mol. The molecular weight excluding hydrogens is 386 g/mol. The molecule has 0 spiro atoms. The number of unbranched alkanes of at least 4 members (excludes halogenated alkanes) is 2. The van der Waals surface area contributed by atoms with E-state index in [-0.39, 0.29) is 18.0 Å². The number of hydrogen-bond acceptors (Lipinski definition) is 5. The molecule has 3 aromatic rings. The molecule has 3 rings (SSSR count). The van der Waals surface area contributed by atoms with Gasteiger partial charge in [-0.25, -0.2) is 5.10 Å². The van der Waals surface area contributed by atoms with Crippen molar-refractivity contribution in [2.75, 3.05) is 25.0 Å². The lowest BCUT2D eigenvalue weighted by Gasteiger charge is -2.10. The second kappa shape index (κ2) is 11.8. The number of hydrogen-bond donors (Lipinski definition) is 3. The number of anilines is 1. The number of fused-ring (bicyclic) bond motifs is 1. The minimum Gasteiger partial charge on any atom is -0.385 e. The van der Waals surface area contributed by atoms with Crippen molar-refractivity contribution >= 4 is 28.9 Å². The molecule has 0 aliphatic carbocycles. The molecule has 3 N–H and O–H groups in total. The van der Waals surface area contributed by atoms with Gasteiger partial charge < -0.3 is 10.6 Å². The minimum absolute atomic E-state index is 0. The Morgan fingerprint density at radius 3 is 2.59 bits per heavy atom. The number of aromatic amines is 1. The molecule has 1 heterocycles. The van der Waals surface area contributed by atoms with Crippen LogP contribution in [0.15, 0.2) is 53.3 Å². The highest BCUT2D eigenvalue weighted by Gasteiger charge is 2.08. The minimum atomic E-state index is -0.171. The number of halogens is 1. The summed E-state index contributed by atoms with van der Waals surface area (Å²) in [6.07, 6.45) is 3.90. The van der Waals surface area contributed by atoms with Crippen molar-refractivity contribution in [3.8, 4) is 17.3 Å². The van der Waals surface area contributed by atoms with Crippen LogP contribution in [0.3, 0.4) is 0 Å². The first-order valence-corrected chi connectivity index (χ1v) is 9.69. The second-order valence-electron chi connectivity index (χ2n) is 6.67. The summed E-state index contributed by atoms with van der Waals surface area (Å²) < 4.78 is 0. The zero-order chi connectivity index (χ0) is 19.6. The number of rotatable bonds is 10. The first kappa shape index (κ1) is 22.4. The van der Waals surface area contributed by atoms with Crippen LogP contribution >= 0.6 is 12.4 Å². The van der Waals surface area contributed by atoms with Crippen molar-refractivity contribution in [2.45, 2.75) is 25.7 Å². The molecule has 1 aromatic heterocycles. The summed E-state index contributed by atoms with van der Waals surface area (Å²) in [7, 11) is 0. The first-order chi connectivity index (χ1) is 13.8. The van der Waals surface area contributed by atoms with E-state index >= 15 is 0 Å². The molecule has 0 unspecified atom stereocenters. The van der Waals surface area contributed by atoms with Crippen LogP contribution in [0.4, 0.5) is 5.69 Å². The molecule has 0 atom stereocenters. The van der Waals surface area contributed by atoms with Gasteiger partial charge in [-0.05, 0) is 37.6 Å². The lowest BCUT2D eigenvalue weighted by atomic mass is 10.0. The third-order valence-corrected chi connectivity index (χ3v) is 4.61. The van der Waals surface area contributed by atoms with Crippen LogP contribution in [0.2, 0.25) is 0 Å². The molecular formula is C22H26ClN5O. The van der Waals surface area contributed by atoms with Crippen LogP contribution in [0.25, 0.3) is 22.0 Å². The van der Waals surface area contributed by atoms with Crippen molar-refractivity contribution < 1.29 is 0 Å². The van der Waals surface area contributed by atoms with Gasteiger partial charge in [-0.15, -0.1) is 12.4 Å². The normalized spacial score (nSPS) is 10.3. The SMILES string of the molecule is Cl.N#CCCNCCCCCNc1cccc(-c2n[nH]c(=O)c3ccccc23)c1. The van der Waals surface area contributed by atoms with E-state index in [4.69, 9.17) is 5.26 Å². The molecule has 2 aromatic carbocycles. The van der Waals surface area contributed by atoms with Crippen LogP contribution < -0.4 is 16.2 Å². The predicted molar refractivity (Wildman–Crippen MR) is 120 cm³/mol. The topological polar surface area (TPSA) is 93.6 Å². The van der Waals surface area contributed by atoms with E-state index in [1.807, 2.05) is 42.5 Å². The van der Waals surface area contributed by atoms with Gasteiger partial charge in [0.2, 0.25) is 0 Å². The smallest absolute Gasteiger partial charge is 0.272 e. The van der Waals surface area contributed by atoms with Gasteiger partial charge in [-0.2, -0.15) is 10.4 Å². The van der Waals surface area contributed by atoms with E-state index in [1.165, 1.54) is 0 Å². The van der Waals surface area contributed by atoms with Gasteiger partial charge in [0.15, 0.2) is 0 Å². The van der Waals surface area contributed by atoms with Crippen molar-refractivity contribution in [1.29, 1.82) is 5.26 Å². The largest absolute Gasteiger partial charge is 0.385 e. The van der Waals surface area contributed by atoms with E-state index in [9.17, 15) is 4.79 Å². The van der Waals surface area contributed by atoms with E-state index in [2.05, 4.69) is 33.0 Å². The van der Waals surface area contributed by atoms with E-state index < -0.39 is 0 Å². The van der Waals surface area contributed by atoms with Crippen molar-refractivity contribution in [2.24, 2.45) is 0 Å². The maximum absolute atomic E-state index is 12.0. The summed E-state index contributed by atoms with van der Waals surface area (Å²) >= 11 is 0.